The Hall–Kier alpha value is 0.510. The molecule has 0 aromatic heterocycles. The molecule has 12 heavy (non-hydrogen) atoms. The summed E-state index contributed by atoms with van der Waals surface area (Å²) in [6.07, 6.45) is 0. The van der Waals surface area contributed by atoms with Crippen molar-refractivity contribution in [1.29, 1.82) is 0 Å². The van der Waals surface area contributed by atoms with Crippen molar-refractivity contribution in [2.45, 2.75) is 0 Å². The topological polar surface area (TPSA) is 199 Å². The van der Waals surface area contributed by atoms with E-state index in [0.717, 1.165) is 0 Å². The molecule has 0 saturated heterocycles. The molecule has 12 heteroatoms. The SMILES string of the molecule is [O-][Cl+2]([O-])O.[O-][Cl+2]([O-])O.[O-][Cl+2]([O-])O. The summed E-state index contributed by atoms with van der Waals surface area (Å²) in [6.45, 7) is 0. The largest absolute Gasteiger partial charge is 0.321 e. The molecular weight excluding hydrogens is 250 g/mol. The maximum atomic E-state index is 8.52. The van der Waals surface area contributed by atoms with Gasteiger partial charge in [-0.25, -0.2) is 0 Å². The molecule has 0 aromatic carbocycles. The highest BCUT2D eigenvalue weighted by molar-refractivity contribution is 1.94. The molecule has 0 spiro atoms. The minimum atomic E-state index is -2.60. The van der Waals surface area contributed by atoms with Crippen LogP contribution in [0.2, 0.25) is 0 Å². The van der Waals surface area contributed by atoms with Crippen LogP contribution in [0.25, 0.3) is 0 Å². The zero-order valence-electron chi connectivity index (χ0n) is 4.93. The maximum absolute atomic E-state index is 8.52. The van der Waals surface area contributed by atoms with Gasteiger partial charge in [0.1, 0.15) is 0 Å². The van der Waals surface area contributed by atoms with Gasteiger partial charge in [0, 0.05) is 14.0 Å². The second-order valence-electron chi connectivity index (χ2n) is 0.603. The Kier molecular flexibility index (Phi) is 21.5. The third-order valence-corrected chi connectivity index (χ3v) is 0. The van der Waals surface area contributed by atoms with E-state index < -0.39 is 32.4 Å². The Labute approximate surface area is 74.9 Å². The molecule has 0 bridgehead atoms. The lowest BCUT2D eigenvalue weighted by Gasteiger charge is -1.72. The smallest absolute Gasteiger partial charge is 0.282 e. The van der Waals surface area contributed by atoms with Crippen molar-refractivity contribution in [1.82, 2.24) is 0 Å². The van der Waals surface area contributed by atoms with Gasteiger partial charge in [-0.15, -0.1) is 0 Å². The van der Waals surface area contributed by atoms with Crippen molar-refractivity contribution >= 4 is 0 Å². The molecule has 0 aliphatic heterocycles. The van der Waals surface area contributed by atoms with Crippen LogP contribution < -0.4 is 28.0 Å². The first-order valence-corrected chi connectivity index (χ1v) is 4.30. The second-order valence-corrected chi connectivity index (χ2v) is 1.81. The molecule has 0 aromatic rings. The van der Waals surface area contributed by atoms with Crippen LogP contribution in [0.15, 0.2) is 0 Å². The average molecular weight is 253 g/mol. The first kappa shape index (κ1) is 18.3. The molecule has 0 rings (SSSR count). The van der Waals surface area contributed by atoms with Gasteiger partial charge in [-0.1, -0.05) is 0 Å². The third-order valence-electron chi connectivity index (χ3n) is 0. The van der Waals surface area contributed by atoms with E-state index in [1.54, 1.807) is 0 Å². The highest BCUT2D eigenvalue weighted by Gasteiger charge is 1.80. The van der Waals surface area contributed by atoms with Crippen LogP contribution in [0.5, 0.6) is 0 Å². The molecular formula is H3Cl3O9. The van der Waals surface area contributed by atoms with E-state index in [4.69, 9.17) is 41.9 Å². The predicted octanol–water partition coefficient (Wildman–Crippen LogP) is -8.80. The minimum absolute atomic E-state index is 2.60. The Balaban J connectivity index is -0.000000101. The summed E-state index contributed by atoms with van der Waals surface area (Å²) in [4.78, 5) is 0. The molecule has 0 atom stereocenters. The number of rotatable bonds is 0. The second kappa shape index (κ2) is 14.1. The molecule has 3 N–H and O–H groups in total. The Morgan fingerprint density at radius 1 is 0.500 bits per heavy atom. The zero-order valence-corrected chi connectivity index (χ0v) is 7.19. The highest BCUT2D eigenvalue weighted by atomic mass is 35.6. The standard InChI is InChI=1S/3ClHO3/c3*2-1(3)4/h3*2H. The third kappa shape index (κ3) is 3650. The minimum Gasteiger partial charge on any atom is -0.321 e. The molecule has 0 radical (unpaired) electrons. The predicted molar refractivity (Wildman–Crippen MR) is 6.66 cm³/mol. The molecule has 0 saturated carbocycles. The monoisotopic (exact) mass is 252 g/mol. The fourth-order valence-electron chi connectivity index (χ4n) is 0. The summed E-state index contributed by atoms with van der Waals surface area (Å²) in [5.41, 5.74) is 0. The number of hydrogen-bond acceptors (Lipinski definition) is 9. The lowest BCUT2D eigenvalue weighted by molar-refractivity contribution is -1.63. The van der Waals surface area contributed by atoms with Crippen LogP contribution in [0.1, 0.15) is 0 Å². The van der Waals surface area contributed by atoms with Crippen LogP contribution in [-0.2, 0) is 0 Å². The van der Waals surface area contributed by atoms with Crippen LogP contribution in [0, 0.1) is 32.4 Å². The summed E-state index contributed by atoms with van der Waals surface area (Å²) in [6, 6.07) is 0. The highest BCUT2D eigenvalue weighted by Crippen LogP contribution is 1.39. The van der Waals surface area contributed by atoms with Gasteiger partial charge in [0.2, 0.25) is 0 Å². The van der Waals surface area contributed by atoms with E-state index in [-0.39, 0.29) is 0 Å². The van der Waals surface area contributed by atoms with Gasteiger partial charge < -0.3 is 28.0 Å². The van der Waals surface area contributed by atoms with Crippen LogP contribution in [0.4, 0.5) is 0 Å². The summed E-state index contributed by atoms with van der Waals surface area (Å²) < 4.78 is 71.9. The van der Waals surface area contributed by atoms with Gasteiger partial charge in [0.05, 0.1) is 0 Å². The van der Waals surface area contributed by atoms with Crippen molar-refractivity contribution < 1.29 is 74.3 Å². The molecule has 0 amide bonds. The fraction of sp³-hybridized carbons (Fsp3) is 0. The van der Waals surface area contributed by atoms with E-state index in [0.29, 0.717) is 0 Å². The van der Waals surface area contributed by atoms with Gasteiger partial charge in [0.25, 0.3) is 32.4 Å². The first-order chi connectivity index (χ1) is 5.20. The zero-order chi connectivity index (χ0) is 10.7. The Morgan fingerprint density at radius 3 is 0.500 bits per heavy atom. The van der Waals surface area contributed by atoms with Crippen molar-refractivity contribution in [3.05, 3.63) is 0 Å². The Bertz CT molecular complexity index is 38.3. The summed E-state index contributed by atoms with van der Waals surface area (Å²) in [7, 11) is -7.81. The van der Waals surface area contributed by atoms with E-state index in [9.17, 15) is 0 Å². The van der Waals surface area contributed by atoms with E-state index in [1.807, 2.05) is 0 Å². The summed E-state index contributed by atoms with van der Waals surface area (Å²) in [5, 5.41) is 0. The maximum Gasteiger partial charge on any atom is 0.282 e. The molecule has 0 aliphatic carbocycles. The first-order valence-electron chi connectivity index (χ1n) is 1.43. The summed E-state index contributed by atoms with van der Waals surface area (Å²) >= 11 is 0. The van der Waals surface area contributed by atoms with Crippen molar-refractivity contribution in [2.75, 3.05) is 0 Å². The van der Waals surface area contributed by atoms with Crippen molar-refractivity contribution in [3.63, 3.8) is 0 Å². The molecule has 0 unspecified atom stereocenters. The van der Waals surface area contributed by atoms with E-state index in [2.05, 4.69) is 0 Å². The van der Waals surface area contributed by atoms with Crippen LogP contribution in [-0.4, -0.2) is 14.0 Å². The molecule has 9 nitrogen and oxygen atoms in total. The van der Waals surface area contributed by atoms with Gasteiger partial charge in [-0.2, -0.15) is 0 Å². The molecule has 78 valence electrons. The lowest BCUT2D eigenvalue weighted by atomic mass is 15.8. The summed E-state index contributed by atoms with van der Waals surface area (Å²) in [5.74, 6) is 0. The number of hydrogen-bond donors (Lipinski definition) is 3. The van der Waals surface area contributed by atoms with Gasteiger partial charge in [-0.05, 0) is 0 Å². The fourth-order valence-corrected chi connectivity index (χ4v) is 0. The number of halogens is 3. The molecule has 0 aliphatic rings. The van der Waals surface area contributed by atoms with Gasteiger partial charge in [0.15, 0.2) is 0 Å². The normalized spacial score (nSPS) is 9.00. The van der Waals surface area contributed by atoms with Crippen LogP contribution in [0.3, 0.4) is 0 Å². The van der Waals surface area contributed by atoms with E-state index >= 15 is 0 Å². The van der Waals surface area contributed by atoms with Crippen molar-refractivity contribution in [2.24, 2.45) is 0 Å². The average Bonchev–Trinajstić information content (AvgIpc) is 1.54. The van der Waals surface area contributed by atoms with Crippen LogP contribution >= 0.6 is 0 Å². The van der Waals surface area contributed by atoms with Gasteiger partial charge >= 0.3 is 0 Å². The molecule has 0 heterocycles. The Morgan fingerprint density at radius 2 is 0.500 bits per heavy atom. The lowest BCUT2D eigenvalue weighted by Crippen LogP contribution is -2.30. The molecule has 0 fully saturated rings. The van der Waals surface area contributed by atoms with Crippen molar-refractivity contribution in [3.8, 4) is 0 Å². The van der Waals surface area contributed by atoms with Gasteiger partial charge in [-0.3, -0.25) is 0 Å². The van der Waals surface area contributed by atoms with E-state index in [1.165, 1.54) is 0 Å². The quantitative estimate of drug-likeness (QED) is 0.374.